The van der Waals surface area contributed by atoms with Crippen molar-refractivity contribution in [3.63, 3.8) is 0 Å². The Morgan fingerprint density at radius 2 is 2.00 bits per heavy atom. The summed E-state index contributed by atoms with van der Waals surface area (Å²) in [5.41, 5.74) is 10.5. The van der Waals surface area contributed by atoms with E-state index in [-0.39, 0.29) is 24.7 Å². The van der Waals surface area contributed by atoms with E-state index < -0.39 is 11.8 Å². The van der Waals surface area contributed by atoms with Crippen LogP contribution in [0, 0.1) is 0 Å². The second kappa shape index (κ2) is 7.83. The lowest BCUT2D eigenvalue weighted by Gasteiger charge is -2.05. The lowest BCUT2D eigenvalue weighted by Crippen LogP contribution is -2.23. The van der Waals surface area contributed by atoms with Gasteiger partial charge in [0, 0.05) is 18.4 Å². The first kappa shape index (κ1) is 16.3. The van der Waals surface area contributed by atoms with Crippen molar-refractivity contribution < 1.29 is 18.7 Å². The van der Waals surface area contributed by atoms with Crippen LogP contribution in [-0.2, 0) is 16.1 Å². The number of fused-ring (bicyclic) bond motifs is 1. The lowest BCUT2D eigenvalue weighted by molar-refractivity contribution is 0.0491. The highest BCUT2D eigenvalue weighted by Crippen LogP contribution is 2.13. The highest BCUT2D eigenvalue weighted by molar-refractivity contribution is 5.76. The van der Waals surface area contributed by atoms with E-state index in [1.54, 1.807) is 24.3 Å². The van der Waals surface area contributed by atoms with Gasteiger partial charge >= 0.3 is 11.8 Å². The molecular weight excluding hydrogens is 302 g/mol. The second-order valence-corrected chi connectivity index (χ2v) is 4.64. The molecule has 2 aromatic rings. The third-order valence-electron chi connectivity index (χ3n) is 2.88. The van der Waals surface area contributed by atoms with Gasteiger partial charge in [-0.2, -0.15) is 0 Å². The molecule has 8 heteroatoms. The van der Waals surface area contributed by atoms with Crippen LogP contribution in [0.5, 0.6) is 0 Å². The Labute approximate surface area is 131 Å². The molecule has 0 saturated heterocycles. The number of nitrogens with zero attached hydrogens (tertiary/aromatic N) is 1. The SMILES string of the molecule is NC(N)=NCCCOC(=O)OCc1cc2ccccc2oc1=O. The Bertz CT molecular complexity index is 765. The Balaban J connectivity index is 1.83. The van der Waals surface area contributed by atoms with Crippen LogP contribution in [0.25, 0.3) is 11.0 Å². The first-order chi connectivity index (χ1) is 11.1. The number of nitrogens with two attached hydrogens (primary N) is 2. The van der Waals surface area contributed by atoms with Crippen molar-refractivity contribution in [2.24, 2.45) is 16.5 Å². The maximum atomic E-state index is 11.8. The van der Waals surface area contributed by atoms with Crippen LogP contribution in [0.3, 0.4) is 0 Å². The smallest absolute Gasteiger partial charge is 0.434 e. The van der Waals surface area contributed by atoms with Crippen molar-refractivity contribution in [2.75, 3.05) is 13.2 Å². The maximum absolute atomic E-state index is 11.8. The quantitative estimate of drug-likeness (QED) is 0.268. The van der Waals surface area contributed by atoms with Gasteiger partial charge in [-0.1, -0.05) is 18.2 Å². The monoisotopic (exact) mass is 319 g/mol. The Kier molecular flexibility index (Phi) is 5.56. The fourth-order valence-corrected chi connectivity index (χ4v) is 1.81. The molecule has 0 aliphatic heterocycles. The van der Waals surface area contributed by atoms with E-state index in [1.807, 2.05) is 6.07 Å². The third kappa shape index (κ3) is 5.03. The largest absolute Gasteiger partial charge is 0.508 e. The van der Waals surface area contributed by atoms with Gasteiger partial charge in [0.25, 0.3) is 0 Å². The molecule has 0 amide bonds. The van der Waals surface area contributed by atoms with Gasteiger partial charge in [-0.05, 0) is 12.1 Å². The molecule has 0 fully saturated rings. The van der Waals surface area contributed by atoms with Gasteiger partial charge in [0.1, 0.15) is 12.2 Å². The molecule has 2 rings (SSSR count). The number of aliphatic imine (C=N–C) groups is 1. The minimum atomic E-state index is -0.873. The number of carbonyl (C=O) groups is 1. The Morgan fingerprint density at radius 1 is 1.22 bits per heavy atom. The van der Waals surface area contributed by atoms with Crippen molar-refractivity contribution in [1.82, 2.24) is 0 Å². The zero-order valence-electron chi connectivity index (χ0n) is 12.4. The highest BCUT2D eigenvalue weighted by atomic mass is 16.7. The maximum Gasteiger partial charge on any atom is 0.508 e. The van der Waals surface area contributed by atoms with E-state index in [0.717, 1.165) is 5.39 Å². The number of hydrogen-bond acceptors (Lipinski definition) is 6. The van der Waals surface area contributed by atoms with E-state index in [2.05, 4.69) is 4.99 Å². The van der Waals surface area contributed by atoms with E-state index in [4.69, 9.17) is 25.4 Å². The number of hydrogen-bond donors (Lipinski definition) is 2. The molecule has 0 spiro atoms. The van der Waals surface area contributed by atoms with Crippen molar-refractivity contribution >= 4 is 23.1 Å². The van der Waals surface area contributed by atoms with Gasteiger partial charge in [0.05, 0.1) is 12.2 Å². The van der Waals surface area contributed by atoms with Gasteiger partial charge in [-0.15, -0.1) is 0 Å². The normalized spacial score (nSPS) is 10.3. The first-order valence-corrected chi connectivity index (χ1v) is 6.93. The molecular formula is C15H17N3O5. The fourth-order valence-electron chi connectivity index (χ4n) is 1.81. The first-order valence-electron chi connectivity index (χ1n) is 6.93. The molecule has 4 N–H and O–H groups in total. The number of guanidine groups is 1. The van der Waals surface area contributed by atoms with E-state index in [9.17, 15) is 9.59 Å². The van der Waals surface area contributed by atoms with Crippen molar-refractivity contribution in [2.45, 2.75) is 13.0 Å². The molecule has 0 unspecified atom stereocenters. The van der Waals surface area contributed by atoms with Crippen molar-refractivity contribution in [3.05, 3.63) is 46.3 Å². The molecule has 8 nitrogen and oxygen atoms in total. The van der Waals surface area contributed by atoms with E-state index >= 15 is 0 Å². The molecule has 1 heterocycles. The van der Waals surface area contributed by atoms with Crippen LogP contribution in [0.2, 0.25) is 0 Å². The molecule has 0 aliphatic carbocycles. The minimum absolute atomic E-state index is 0.0180. The van der Waals surface area contributed by atoms with Crippen LogP contribution in [0.4, 0.5) is 4.79 Å². The van der Waals surface area contributed by atoms with E-state index in [0.29, 0.717) is 18.5 Å². The fraction of sp³-hybridized carbons (Fsp3) is 0.267. The Morgan fingerprint density at radius 3 is 2.78 bits per heavy atom. The van der Waals surface area contributed by atoms with Crippen LogP contribution >= 0.6 is 0 Å². The second-order valence-electron chi connectivity index (χ2n) is 4.64. The average molecular weight is 319 g/mol. The predicted octanol–water partition coefficient (Wildman–Crippen LogP) is 1.11. The van der Waals surface area contributed by atoms with Gasteiger partial charge in [-0.25, -0.2) is 9.59 Å². The summed E-state index contributed by atoms with van der Waals surface area (Å²) < 4.78 is 14.8. The minimum Gasteiger partial charge on any atom is -0.434 e. The summed E-state index contributed by atoms with van der Waals surface area (Å²) in [6.45, 7) is 0.242. The van der Waals surface area contributed by atoms with Crippen LogP contribution in [0.1, 0.15) is 12.0 Å². The predicted molar refractivity (Wildman–Crippen MR) is 83.9 cm³/mol. The van der Waals surface area contributed by atoms with Crippen molar-refractivity contribution in [3.8, 4) is 0 Å². The molecule has 23 heavy (non-hydrogen) atoms. The zero-order chi connectivity index (χ0) is 16.7. The van der Waals surface area contributed by atoms with Gasteiger partial charge in [0.15, 0.2) is 5.96 Å². The molecule has 0 bridgehead atoms. The topological polar surface area (TPSA) is 130 Å². The standard InChI is InChI=1S/C15H17N3O5/c16-14(17)18-6-3-7-21-15(20)22-9-11-8-10-4-1-2-5-12(10)23-13(11)19/h1-2,4-5,8H,3,6-7,9H2,(H4,16,17,18). The number of rotatable bonds is 6. The van der Waals surface area contributed by atoms with Gasteiger partial charge in [-0.3, -0.25) is 4.99 Å². The van der Waals surface area contributed by atoms with Crippen LogP contribution < -0.4 is 17.1 Å². The molecule has 0 atom stereocenters. The molecule has 1 aromatic carbocycles. The number of ether oxygens (including phenoxy) is 2. The average Bonchev–Trinajstić information content (AvgIpc) is 2.52. The van der Waals surface area contributed by atoms with Gasteiger partial charge < -0.3 is 25.4 Å². The highest BCUT2D eigenvalue weighted by Gasteiger charge is 2.09. The van der Waals surface area contributed by atoms with Gasteiger partial charge in [0.2, 0.25) is 0 Å². The molecule has 0 saturated carbocycles. The number of benzene rings is 1. The summed E-state index contributed by atoms with van der Waals surface area (Å²) in [6, 6.07) is 8.68. The lowest BCUT2D eigenvalue weighted by atomic mass is 10.2. The zero-order valence-corrected chi connectivity index (χ0v) is 12.4. The third-order valence-corrected chi connectivity index (χ3v) is 2.88. The van der Waals surface area contributed by atoms with Crippen LogP contribution in [0.15, 0.2) is 44.5 Å². The molecule has 0 radical (unpaired) electrons. The van der Waals surface area contributed by atoms with E-state index in [1.165, 1.54) is 0 Å². The summed E-state index contributed by atoms with van der Waals surface area (Å²) in [6.07, 6.45) is -0.410. The molecule has 122 valence electrons. The summed E-state index contributed by atoms with van der Waals surface area (Å²) in [4.78, 5) is 26.9. The summed E-state index contributed by atoms with van der Waals surface area (Å²) in [5, 5.41) is 0.747. The summed E-state index contributed by atoms with van der Waals surface area (Å²) in [7, 11) is 0. The molecule has 0 aliphatic rings. The Hall–Kier alpha value is -3.03. The number of para-hydroxylation sites is 1. The summed E-state index contributed by atoms with van der Waals surface area (Å²) >= 11 is 0. The van der Waals surface area contributed by atoms with Crippen molar-refractivity contribution in [1.29, 1.82) is 0 Å². The summed E-state index contributed by atoms with van der Waals surface area (Å²) in [5.74, 6) is -0.0180. The van der Waals surface area contributed by atoms with Crippen LogP contribution in [-0.4, -0.2) is 25.3 Å². The molecule has 1 aromatic heterocycles. The number of carbonyl (C=O) groups excluding carboxylic acids is 1.